The summed E-state index contributed by atoms with van der Waals surface area (Å²) in [6.07, 6.45) is 26.4. The topological polar surface area (TPSA) is 23.5 Å². The first-order chi connectivity index (χ1) is 19.4. The molecule has 0 aromatic rings. The molecule has 218 valence electrons. The number of fused-ring (bicyclic) bond motifs is 8. The SMILES string of the molecule is C/C(=C(\C)C1CCC1C1(C)C2C3C=C(SC4CCCC5(CCCC6C4C36)CC5)C3CC=CCN3C21)C(O)C1CC1. The molecular formula is C37H53NOS. The fourth-order valence-corrected chi connectivity index (χ4v) is 13.8. The van der Waals surface area contributed by atoms with E-state index in [1.165, 1.54) is 89.2 Å². The van der Waals surface area contributed by atoms with Gasteiger partial charge in [-0.1, -0.05) is 43.6 Å². The van der Waals surface area contributed by atoms with E-state index >= 15 is 0 Å². The van der Waals surface area contributed by atoms with Crippen LogP contribution in [0.3, 0.4) is 0 Å². The van der Waals surface area contributed by atoms with Crippen LogP contribution < -0.4 is 0 Å². The number of aliphatic hydroxyl groups is 1. The number of hydrogen-bond acceptors (Lipinski definition) is 3. The standard InChI is InChI=1S/C37H53NOS/c1-21(22(2)34(39)23-11-12-23)24-13-14-27(24)36(3)33-26-20-30(28-9-4-5-19-38(28)35(33)36)40-29-10-7-16-37(17-18-37)15-6-8-25-31(26)32(25)29/h4-5,20,23-29,31-35,39H,6-19H2,1-3H3/b22-21-. The van der Waals surface area contributed by atoms with Gasteiger partial charge < -0.3 is 5.11 Å². The molecule has 0 radical (unpaired) electrons. The number of aliphatic hydroxyl groups excluding tert-OH is 1. The number of nitrogens with zero attached hydrogens (tertiary/aromatic N) is 1. The van der Waals surface area contributed by atoms with Gasteiger partial charge in [0.1, 0.15) is 0 Å². The van der Waals surface area contributed by atoms with Crippen LogP contribution in [0, 0.1) is 58.2 Å². The van der Waals surface area contributed by atoms with Gasteiger partial charge in [0, 0.05) is 23.9 Å². The van der Waals surface area contributed by atoms with E-state index in [0.29, 0.717) is 23.3 Å². The average Bonchev–Trinajstić information content (AvgIpc) is 3.74. The van der Waals surface area contributed by atoms with Crippen molar-refractivity contribution in [3.8, 4) is 0 Å². The minimum Gasteiger partial charge on any atom is -0.388 e. The first-order valence-electron chi connectivity index (χ1n) is 17.6. The predicted octanol–water partition coefficient (Wildman–Crippen LogP) is 8.38. The van der Waals surface area contributed by atoms with Gasteiger partial charge in [0.25, 0.3) is 0 Å². The van der Waals surface area contributed by atoms with E-state index in [2.05, 4.69) is 55.7 Å². The molecule has 3 heteroatoms. The summed E-state index contributed by atoms with van der Waals surface area (Å²) in [7, 11) is 0. The Morgan fingerprint density at radius 1 is 0.975 bits per heavy atom. The zero-order valence-corrected chi connectivity index (χ0v) is 26.2. The molecule has 6 fully saturated rings. The lowest BCUT2D eigenvalue weighted by Crippen LogP contribution is -2.45. The van der Waals surface area contributed by atoms with Gasteiger partial charge in [-0.15, -0.1) is 11.8 Å². The van der Waals surface area contributed by atoms with Crippen LogP contribution in [0.25, 0.3) is 0 Å². The second-order valence-corrected chi connectivity index (χ2v) is 17.9. The zero-order valence-electron chi connectivity index (χ0n) is 25.4. The molecule has 0 saturated heterocycles. The summed E-state index contributed by atoms with van der Waals surface area (Å²) in [5.41, 5.74) is 4.12. The summed E-state index contributed by atoms with van der Waals surface area (Å²) in [5.74, 6) is 6.73. The van der Waals surface area contributed by atoms with Gasteiger partial charge in [0.2, 0.25) is 0 Å². The van der Waals surface area contributed by atoms with E-state index in [-0.39, 0.29) is 6.10 Å². The van der Waals surface area contributed by atoms with Crippen LogP contribution in [0.4, 0.5) is 0 Å². The third kappa shape index (κ3) is 3.74. The minimum atomic E-state index is -0.179. The maximum Gasteiger partial charge on any atom is 0.0778 e. The van der Waals surface area contributed by atoms with Crippen molar-refractivity contribution in [2.24, 2.45) is 58.2 Å². The Kier molecular flexibility index (Phi) is 5.84. The van der Waals surface area contributed by atoms with Crippen LogP contribution in [0.15, 0.2) is 34.3 Å². The average molecular weight is 560 g/mol. The van der Waals surface area contributed by atoms with Crippen molar-refractivity contribution < 1.29 is 5.11 Å². The summed E-state index contributed by atoms with van der Waals surface area (Å²) in [6, 6.07) is 1.41. The second-order valence-electron chi connectivity index (χ2n) is 16.6. The van der Waals surface area contributed by atoms with Crippen molar-refractivity contribution in [3.05, 3.63) is 34.3 Å². The number of thioether (sulfide) groups is 1. The van der Waals surface area contributed by atoms with Crippen LogP contribution in [0.2, 0.25) is 0 Å². The molecular weight excluding hydrogens is 506 g/mol. The number of hydrogen-bond donors (Lipinski definition) is 1. The lowest BCUT2D eigenvalue weighted by atomic mass is 9.60. The maximum atomic E-state index is 11.0. The van der Waals surface area contributed by atoms with Crippen LogP contribution >= 0.6 is 11.8 Å². The summed E-state index contributed by atoms with van der Waals surface area (Å²) < 4.78 is 0. The van der Waals surface area contributed by atoms with E-state index < -0.39 is 0 Å². The fourth-order valence-electron chi connectivity index (χ4n) is 12.0. The van der Waals surface area contributed by atoms with Gasteiger partial charge in [-0.2, -0.15) is 0 Å². The Morgan fingerprint density at radius 3 is 2.50 bits per heavy atom. The minimum absolute atomic E-state index is 0.179. The summed E-state index contributed by atoms with van der Waals surface area (Å²) in [4.78, 5) is 4.82. The molecule has 9 rings (SSSR count). The van der Waals surface area contributed by atoms with Crippen molar-refractivity contribution in [2.75, 3.05) is 6.54 Å². The monoisotopic (exact) mass is 559 g/mol. The van der Waals surface area contributed by atoms with Crippen LogP contribution in [0.5, 0.6) is 0 Å². The Hall–Kier alpha value is -0.510. The van der Waals surface area contributed by atoms with Crippen molar-refractivity contribution in [1.82, 2.24) is 4.90 Å². The lowest BCUT2D eigenvalue weighted by molar-refractivity contribution is 0.0792. The first kappa shape index (κ1) is 25.9. The molecule has 9 aliphatic rings. The van der Waals surface area contributed by atoms with Gasteiger partial charge in [-0.3, -0.25) is 4.90 Å². The molecule has 2 nitrogen and oxygen atoms in total. The molecule has 12 unspecified atom stereocenters. The molecule has 3 aliphatic heterocycles. The Labute approximate surface area is 247 Å². The van der Waals surface area contributed by atoms with E-state index in [1.807, 2.05) is 0 Å². The van der Waals surface area contributed by atoms with Crippen LogP contribution in [-0.4, -0.2) is 40.0 Å². The van der Waals surface area contributed by atoms with E-state index in [0.717, 1.165) is 52.2 Å². The van der Waals surface area contributed by atoms with Gasteiger partial charge in [-0.25, -0.2) is 0 Å². The van der Waals surface area contributed by atoms with Crippen LogP contribution in [-0.2, 0) is 0 Å². The Balaban J connectivity index is 1.05. The molecule has 3 heterocycles. The second kappa shape index (κ2) is 9.01. The summed E-state index contributed by atoms with van der Waals surface area (Å²) in [5, 5.41) is 11.9. The van der Waals surface area contributed by atoms with Crippen LogP contribution in [0.1, 0.15) is 104 Å². The van der Waals surface area contributed by atoms with Gasteiger partial charge in [-0.05, 0) is 153 Å². The molecule has 0 aromatic heterocycles. The highest BCUT2D eigenvalue weighted by molar-refractivity contribution is 8.03. The molecule has 0 amide bonds. The molecule has 6 aliphatic carbocycles. The largest absolute Gasteiger partial charge is 0.388 e. The van der Waals surface area contributed by atoms with Gasteiger partial charge in [0.05, 0.1) is 6.10 Å². The highest BCUT2D eigenvalue weighted by Crippen LogP contribution is 2.77. The van der Waals surface area contributed by atoms with Crippen molar-refractivity contribution in [2.45, 2.75) is 128 Å². The lowest BCUT2D eigenvalue weighted by Gasteiger charge is -2.46. The molecule has 1 spiro atoms. The van der Waals surface area contributed by atoms with E-state index in [1.54, 1.807) is 16.9 Å². The van der Waals surface area contributed by atoms with Crippen molar-refractivity contribution in [1.29, 1.82) is 0 Å². The first-order valence-corrected chi connectivity index (χ1v) is 18.4. The normalized spacial score (nSPS) is 51.5. The molecule has 0 aromatic carbocycles. The van der Waals surface area contributed by atoms with Crippen molar-refractivity contribution in [3.63, 3.8) is 0 Å². The Bertz CT molecular complexity index is 1160. The third-order valence-corrected chi connectivity index (χ3v) is 16.4. The van der Waals surface area contributed by atoms with E-state index in [4.69, 9.17) is 0 Å². The molecule has 40 heavy (non-hydrogen) atoms. The predicted molar refractivity (Wildman–Crippen MR) is 166 cm³/mol. The highest BCUT2D eigenvalue weighted by atomic mass is 32.2. The molecule has 1 N–H and O–H groups in total. The summed E-state index contributed by atoms with van der Waals surface area (Å²) in [6.45, 7) is 8.59. The zero-order chi connectivity index (χ0) is 27.0. The van der Waals surface area contributed by atoms with Gasteiger partial charge >= 0.3 is 0 Å². The highest BCUT2D eigenvalue weighted by Gasteiger charge is 2.76. The van der Waals surface area contributed by atoms with Crippen molar-refractivity contribution >= 4 is 11.8 Å². The molecule has 2 bridgehead atoms. The fraction of sp³-hybridized carbons (Fsp3) is 0.838. The quantitative estimate of drug-likeness (QED) is 0.350. The molecule has 6 saturated carbocycles. The van der Waals surface area contributed by atoms with E-state index in [9.17, 15) is 5.11 Å². The third-order valence-electron chi connectivity index (χ3n) is 14.9. The summed E-state index contributed by atoms with van der Waals surface area (Å²) >= 11 is 2.39. The number of rotatable bonds is 4. The maximum absolute atomic E-state index is 11.0. The smallest absolute Gasteiger partial charge is 0.0778 e. The Morgan fingerprint density at radius 2 is 1.77 bits per heavy atom. The van der Waals surface area contributed by atoms with Gasteiger partial charge in [0.15, 0.2) is 0 Å². The number of allylic oxidation sites excluding steroid dienone is 2. The molecule has 12 atom stereocenters.